The second kappa shape index (κ2) is 3.09. The lowest BCUT2D eigenvalue weighted by molar-refractivity contribution is 0.363. The van der Waals surface area contributed by atoms with E-state index in [9.17, 15) is 4.39 Å². The minimum atomic E-state index is -0.00819. The highest BCUT2D eigenvalue weighted by Gasteiger charge is 2.34. The van der Waals surface area contributed by atoms with Crippen LogP contribution in [0.5, 0.6) is 0 Å². The van der Waals surface area contributed by atoms with Crippen molar-refractivity contribution in [2.24, 2.45) is 5.92 Å². The molecule has 78 valence electrons. The van der Waals surface area contributed by atoms with Crippen molar-refractivity contribution in [2.75, 3.05) is 7.05 Å². The zero-order valence-electron chi connectivity index (χ0n) is 8.78. The van der Waals surface area contributed by atoms with Gasteiger partial charge >= 0.3 is 0 Å². The largest absolute Gasteiger partial charge is 0.373 e. The Kier molecular flexibility index (Phi) is 1.84. The van der Waals surface area contributed by atoms with Crippen molar-refractivity contribution in [1.29, 1.82) is 0 Å². The number of allylic oxidation sites excluding steroid dienone is 4. The highest BCUT2D eigenvalue weighted by molar-refractivity contribution is 5.49. The van der Waals surface area contributed by atoms with E-state index in [1.54, 1.807) is 6.08 Å². The third-order valence-corrected chi connectivity index (χ3v) is 3.54. The molecular formula is C13H14FN. The number of rotatable bonds is 0. The van der Waals surface area contributed by atoms with Crippen molar-refractivity contribution < 1.29 is 4.39 Å². The van der Waals surface area contributed by atoms with Crippen LogP contribution in [0.4, 0.5) is 4.39 Å². The average Bonchev–Trinajstić information content (AvgIpc) is 2.62. The fraction of sp³-hybridized carbons (Fsp3) is 0.385. The van der Waals surface area contributed by atoms with E-state index in [2.05, 4.69) is 29.3 Å². The monoisotopic (exact) mass is 203 g/mol. The van der Waals surface area contributed by atoms with Gasteiger partial charge in [0.25, 0.3) is 0 Å². The molecule has 0 spiro atoms. The Labute approximate surface area is 89.3 Å². The van der Waals surface area contributed by atoms with Crippen LogP contribution in [-0.2, 0) is 0 Å². The third-order valence-electron chi connectivity index (χ3n) is 3.54. The Balaban J connectivity index is 2.08. The number of nitrogens with zero attached hydrogens (tertiary/aromatic N) is 1. The second-order valence-electron chi connectivity index (χ2n) is 4.41. The molecule has 2 heteroatoms. The molecule has 0 saturated carbocycles. The number of halogens is 1. The molecule has 0 saturated heterocycles. The summed E-state index contributed by atoms with van der Waals surface area (Å²) in [5.74, 6) is 0.354. The van der Waals surface area contributed by atoms with Crippen molar-refractivity contribution in [3.8, 4) is 0 Å². The van der Waals surface area contributed by atoms with Crippen LogP contribution in [0.1, 0.15) is 12.8 Å². The Morgan fingerprint density at radius 2 is 2.33 bits per heavy atom. The molecule has 2 atom stereocenters. The molecule has 1 nitrogen and oxygen atoms in total. The predicted molar refractivity (Wildman–Crippen MR) is 58.8 cm³/mol. The third kappa shape index (κ3) is 1.21. The molecule has 2 unspecified atom stereocenters. The van der Waals surface area contributed by atoms with E-state index in [-0.39, 0.29) is 11.9 Å². The summed E-state index contributed by atoms with van der Waals surface area (Å²) in [5, 5.41) is 0. The maximum atomic E-state index is 13.8. The molecule has 15 heavy (non-hydrogen) atoms. The van der Waals surface area contributed by atoms with E-state index in [1.807, 2.05) is 7.05 Å². The van der Waals surface area contributed by atoms with E-state index in [4.69, 9.17) is 0 Å². The van der Waals surface area contributed by atoms with Crippen LogP contribution in [0.3, 0.4) is 0 Å². The van der Waals surface area contributed by atoms with Crippen molar-refractivity contribution in [3.63, 3.8) is 0 Å². The van der Waals surface area contributed by atoms with Crippen LogP contribution in [0.15, 0.2) is 47.5 Å². The molecule has 0 amide bonds. The van der Waals surface area contributed by atoms with Crippen LogP contribution < -0.4 is 0 Å². The first-order valence-corrected chi connectivity index (χ1v) is 5.45. The van der Waals surface area contributed by atoms with Gasteiger partial charge in [-0.05, 0) is 36.3 Å². The average molecular weight is 203 g/mol. The van der Waals surface area contributed by atoms with Crippen molar-refractivity contribution in [2.45, 2.75) is 18.9 Å². The minimum absolute atomic E-state index is 0.00819. The molecule has 3 aliphatic rings. The number of fused-ring (bicyclic) bond motifs is 2. The van der Waals surface area contributed by atoms with Gasteiger partial charge in [-0.25, -0.2) is 4.39 Å². The molecule has 1 aliphatic heterocycles. The first-order chi connectivity index (χ1) is 7.27. The molecular weight excluding hydrogens is 189 g/mol. The fourth-order valence-electron chi connectivity index (χ4n) is 2.71. The summed E-state index contributed by atoms with van der Waals surface area (Å²) in [6.45, 7) is 0. The van der Waals surface area contributed by atoms with Crippen LogP contribution in [0, 0.1) is 5.92 Å². The molecule has 0 aromatic rings. The second-order valence-corrected chi connectivity index (χ2v) is 4.41. The molecule has 1 heterocycles. The van der Waals surface area contributed by atoms with E-state index in [1.165, 1.54) is 5.57 Å². The minimum Gasteiger partial charge on any atom is -0.373 e. The van der Waals surface area contributed by atoms with E-state index >= 15 is 0 Å². The molecule has 2 aliphatic carbocycles. The zero-order chi connectivity index (χ0) is 10.4. The van der Waals surface area contributed by atoms with Gasteiger partial charge in [-0.15, -0.1) is 0 Å². The van der Waals surface area contributed by atoms with Gasteiger partial charge in [0.1, 0.15) is 5.83 Å². The quantitative estimate of drug-likeness (QED) is 0.585. The standard InChI is InChI=1S/C13H14FN/c1-15-7-6-11-9-4-2-3-5-10(9)12(14)8-13(11)15/h2,4,6-8,11,13H,3,5H2,1H3. The molecule has 0 N–H and O–H groups in total. The Hall–Kier alpha value is -1.31. The fourth-order valence-corrected chi connectivity index (χ4v) is 2.71. The highest BCUT2D eigenvalue weighted by atomic mass is 19.1. The summed E-state index contributed by atoms with van der Waals surface area (Å²) in [4.78, 5) is 2.08. The SMILES string of the molecule is CN1C=CC2C3=C(CCC=C3)C(F)=CC21. The maximum absolute atomic E-state index is 13.8. The van der Waals surface area contributed by atoms with Crippen LogP contribution in [-0.4, -0.2) is 18.0 Å². The van der Waals surface area contributed by atoms with Gasteiger partial charge in [0.15, 0.2) is 0 Å². The zero-order valence-corrected chi connectivity index (χ0v) is 8.78. The Bertz CT molecular complexity index is 414. The molecule has 3 rings (SSSR count). The number of hydrogen-bond donors (Lipinski definition) is 0. The van der Waals surface area contributed by atoms with Crippen molar-refractivity contribution in [1.82, 2.24) is 4.90 Å². The van der Waals surface area contributed by atoms with Gasteiger partial charge in [-0.1, -0.05) is 18.2 Å². The van der Waals surface area contributed by atoms with Gasteiger partial charge in [-0.2, -0.15) is 0 Å². The Morgan fingerprint density at radius 1 is 1.47 bits per heavy atom. The van der Waals surface area contributed by atoms with Gasteiger partial charge in [0, 0.05) is 13.0 Å². The predicted octanol–water partition coefficient (Wildman–Crippen LogP) is 2.94. The summed E-state index contributed by atoms with van der Waals surface area (Å²) < 4.78 is 13.8. The lowest BCUT2D eigenvalue weighted by Gasteiger charge is -2.31. The van der Waals surface area contributed by atoms with Gasteiger partial charge < -0.3 is 4.90 Å². The summed E-state index contributed by atoms with van der Waals surface area (Å²) in [5.41, 5.74) is 2.12. The summed E-state index contributed by atoms with van der Waals surface area (Å²) in [6, 6.07) is 0.187. The molecule has 0 bridgehead atoms. The normalized spacial score (nSPS) is 32.9. The Morgan fingerprint density at radius 3 is 3.20 bits per heavy atom. The first kappa shape index (κ1) is 8.96. The summed E-state index contributed by atoms with van der Waals surface area (Å²) in [6.07, 6.45) is 12.1. The maximum Gasteiger partial charge on any atom is 0.124 e. The van der Waals surface area contributed by atoms with Crippen LogP contribution in [0.2, 0.25) is 0 Å². The lowest BCUT2D eigenvalue weighted by Crippen LogP contribution is -2.31. The first-order valence-electron chi connectivity index (χ1n) is 5.45. The van der Waals surface area contributed by atoms with E-state index < -0.39 is 0 Å². The lowest BCUT2D eigenvalue weighted by atomic mass is 9.80. The van der Waals surface area contributed by atoms with Crippen LogP contribution in [0.25, 0.3) is 0 Å². The summed E-state index contributed by atoms with van der Waals surface area (Å²) in [7, 11) is 2.00. The van der Waals surface area contributed by atoms with Gasteiger partial charge in [0.2, 0.25) is 0 Å². The van der Waals surface area contributed by atoms with Crippen LogP contribution >= 0.6 is 0 Å². The van der Waals surface area contributed by atoms with E-state index in [0.29, 0.717) is 5.92 Å². The van der Waals surface area contributed by atoms with Crippen molar-refractivity contribution >= 4 is 0 Å². The molecule has 0 aromatic heterocycles. The van der Waals surface area contributed by atoms with E-state index in [0.717, 1.165) is 18.4 Å². The molecule has 0 radical (unpaired) electrons. The summed E-state index contributed by atoms with van der Waals surface area (Å²) >= 11 is 0. The van der Waals surface area contributed by atoms with Gasteiger partial charge in [-0.3, -0.25) is 0 Å². The molecule has 0 fully saturated rings. The van der Waals surface area contributed by atoms with Crippen molar-refractivity contribution in [3.05, 3.63) is 47.5 Å². The smallest absolute Gasteiger partial charge is 0.124 e. The highest BCUT2D eigenvalue weighted by Crippen LogP contribution is 2.41. The van der Waals surface area contributed by atoms with Gasteiger partial charge in [0.05, 0.1) is 6.04 Å². The topological polar surface area (TPSA) is 3.24 Å². The number of hydrogen-bond acceptors (Lipinski definition) is 1. The number of likely N-dealkylation sites (N-methyl/N-ethyl adjacent to an activating group) is 1. The molecule has 0 aromatic carbocycles.